The van der Waals surface area contributed by atoms with E-state index in [1.807, 2.05) is 0 Å². The third kappa shape index (κ3) is 3.30. The molecule has 1 heterocycles. The first-order valence-corrected chi connectivity index (χ1v) is 7.98. The number of aromatic nitrogens is 2. The Hall–Kier alpha value is -1.58. The Kier molecular flexibility index (Phi) is 4.31. The molecule has 1 aromatic heterocycles. The summed E-state index contributed by atoms with van der Waals surface area (Å²) in [5, 5.41) is 11.0. The van der Waals surface area contributed by atoms with E-state index in [2.05, 4.69) is 20.2 Å². The van der Waals surface area contributed by atoms with Gasteiger partial charge in [0, 0.05) is 6.54 Å². The Morgan fingerprint density at radius 3 is 2.70 bits per heavy atom. The molecule has 0 radical (unpaired) electrons. The zero-order valence-electron chi connectivity index (χ0n) is 10.8. The zero-order chi connectivity index (χ0) is 14.8. The van der Waals surface area contributed by atoms with Gasteiger partial charge in [-0.05, 0) is 31.7 Å². The van der Waals surface area contributed by atoms with E-state index < -0.39 is 20.7 Å². The van der Waals surface area contributed by atoms with Gasteiger partial charge in [-0.2, -0.15) is 0 Å². The van der Waals surface area contributed by atoms with Crippen LogP contribution in [-0.2, 0) is 16.6 Å². The third-order valence-electron chi connectivity index (χ3n) is 2.41. The molecule has 1 aromatic carbocycles. The second-order valence-corrected chi connectivity index (χ2v) is 6.86. The lowest BCUT2D eigenvalue weighted by Crippen LogP contribution is -2.15. The average molecular weight is 316 g/mol. The fourth-order valence-electron chi connectivity index (χ4n) is 1.58. The van der Waals surface area contributed by atoms with Crippen LogP contribution in [0.15, 0.2) is 23.1 Å². The van der Waals surface area contributed by atoms with E-state index in [0.717, 1.165) is 17.4 Å². The molecule has 9 heteroatoms. The molecule has 0 bridgehead atoms. The number of hydrogen-bond acceptors (Lipinski definition) is 6. The lowest BCUT2D eigenvalue weighted by atomic mass is 10.2. The van der Waals surface area contributed by atoms with Crippen molar-refractivity contribution in [2.24, 2.45) is 0 Å². The van der Waals surface area contributed by atoms with E-state index in [-0.39, 0.29) is 5.13 Å². The maximum absolute atomic E-state index is 13.7. The molecule has 0 saturated carbocycles. The zero-order valence-corrected chi connectivity index (χ0v) is 12.5. The molecular formula is C11H13FN4O2S2. The summed E-state index contributed by atoms with van der Waals surface area (Å²) in [6, 6.07) is 3.95. The van der Waals surface area contributed by atoms with E-state index >= 15 is 0 Å². The molecule has 2 N–H and O–H groups in total. The van der Waals surface area contributed by atoms with Gasteiger partial charge in [-0.25, -0.2) is 12.8 Å². The largest absolute Gasteiger partial charge is 0.316 e. The Labute approximate surface area is 120 Å². The lowest BCUT2D eigenvalue weighted by Gasteiger charge is -2.08. The number of halogens is 1. The Morgan fingerprint density at radius 1 is 1.35 bits per heavy atom. The lowest BCUT2D eigenvalue weighted by molar-refractivity contribution is 0.569. The van der Waals surface area contributed by atoms with Gasteiger partial charge in [0.2, 0.25) is 5.13 Å². The maximum atomic E-state index is 13.7. The summed E-state index contributed by atoms with van der Waals surface area (Å²) in [6.07, 6.45) is 0. The monoisotopic (exact) mass is 316 g/mol. The third-order valence-corrected chi connectivity index (χ3v) is 4.65. The standard InChI is InChI=1S/C11H13FN4O2S2/c1-7-14-15-11(19-7)16-20(17,18)10-5-8(6-13-2)3-4-9(10)12/h3-5,13H,6H2,1-2H3,(H,15,16). The minimum atomic E-state index is -4.02. The highest BCUT2D eigenvalue weighted by molar-refractivity contribution is 7.93. The smallest absolute Gasteiger partial charge is 0.266 e. The van der Waals surface area contributed by atoms with Crippen LogP contribution in [0.2, 0.25) is 0 Å². The number of sulfonamides is 1. The minimum absolute atomic E-state index is 0.112. The summed E-state index contributed by atoms with van der Waals surface area (Å²) in [6.45, 7) is 2.14. The first-order chi connectivity index (χ1) is 9.42. The molecule has 2 rings (SSSR count). The van der Waals surface area contributed by atoms with Crippen molar-refractivity contribution in [3.8, 4) is 0 Å². The number of nitrogens with one attached hydrogen (secondary N) is 2. The highest BCUT2D eigenvalue weighted by Gasteiger charge is 2.21. The van der Waals surface area contributed by atoms with Crippen LogP contribution in [-0.4, -0.2) is 25.7 Å². The molecular weight excluding hydrogens is 303 g/mol. The predicted octanol–water partition coefficient (Wildman–Crippen LogP) is 1.51. The summed E-state index contributed by atoms with van der Waals surface area (Å²) >= 11 is 1.08. The Balaban J connectivity index is 2.35. The van der Waals surface area contributed by atoms with Crippen molar-refractivity contribution in [1.82, 2.24) is 15.5 Å². The molecule has 20 heavy (non-hydrogen) atoms. The number of anilines is 1. The van der Waals surface area contributed by atoms with Gasteiger partial charge in [0.1, 0.15) is 15.7 Å². The number of benzene rings is 1. The van der Waals surface area contributed by atoms with Gasteiger partial charge >= 0.3 is 0 Å². The van der Waals surface area contributed by atoms with Crippen molar-refractivity contribution in [1.29, 1.82) is 0 Å². The molecule has 0 spiro atoms. The molecule has 0 fully saturated rings. The van der Waals surface area contributed by atoms with Crippen LogP contribution < -0.4 is 10.0 Å². The van der Waals surface area contributed by atoms with Gasteiger partial charge in [0.05, 0.1) is 0 Å². The van der Waals surface area contributed by atoms with Gasteiger partial charge in [0.25, 0.3) is 10.0 Å². The van der Waals surface area contributed by atoms with Crippen molar-refractivity contribution >= 4 is 26.5 Å². The molecule has 0 atom stereocenters. The van der Waals surface area contributed by atoms with Crippen LogP contribution in [0.3, 0.4) is 0 Å². The summed E-state index contributed by atoms with van der Waals surface area (Å²) in [5.41, 5.74) is 0.669. The number of nitrogens with zero attached hydrogens (tertiary/aromatic N) is 2. The van der Waals surface area contributed by atoms with E-state index in [1.54, 1.807) is 14.0 Å². The molecule has 0 aliphatic rings. The van der Waals surface area contributed by atoms with Crippen molar-refractivity contribution in [2.45, 2.75) is 18.4 Å². The maximum Gasteiger partial charge on any atom is 0.266 e. The average Bonchev–Trinajstić information content (AvgIpc) is 2.76. The topological polar surface area (TPSA) is 84.0 Å². The van der Waals surface area contributed by atoms with Crippen molar-refractivity contribution < 1.29 is 12.8 Å². The predicted molar refractivity (Wildman–Crippen MR) is 74.6 cm³/mol. The Morgan fingerprint density at radius 2 is 2.10 bits per heavy atom. The number of rotatable bonds is 5. The first-order valence-electron chi connectivity index (χ1n) is 5.68. The van der Waals surface area contributed by atoms with Gasteiger partial charge in [0.15, 0.2) is 0 Å². The fraction of sp³-hybridized carbons (Fsp3) is 0.273. The van der Waals surface area contributed by atoms with Crippen LogP contribution >= 0.6 is 11.3 Å². The highest BCUT2D eigenvalue weighted by atomic mass is 32.2. The van der Waals surface area contributed by atoms with Crippen LogP contribution in [0.5, 0.6) is 0 Å². The van der Waals surface area contributed by atoms with E-state index in [0.29, 0.717) is 17.1 Å². The van der Waals surface area contributed by atoms with Crippen molar-refractivity contribution in [2.75, 3.05) is 11.8 Å². The molecule has 0 aliphatic heterocycles. The normalized spacial score (nSPS) is 11.6. The molecule has 0 saturated heterocycles. The highest BCUT2D eigenvalue weighted by Crippen LogP contribution is 2.22. The summed E-state index contributed by atoms with van der Waals surface area (Å²) in [7, 11) is -2.29. The minimum Gasteiger partial charge on any atom is -0.316 e. The van der Waals surface area contributed by atoms with Crippen LogP contribution in [0, 0.1) is 12.7 Å². The van der Waals surface area contributed by atoms with Gasteiger partial charge in [-0.3, -0.25) is 4.72 Å². The molecule has 108 valence electrons. The molecule has 0 aliphatic carbocycles. The number of aryl methyl sites for hydroxylation is 1. The number of hydrogen-bond donors (Lipinski definition) is 2. The fourth-order valence-corrected chi connectivity index (χ4v) is 3.53. The molecule has 0 unspecified atom stereocenters. The first kappa shape index (κ1) is 14.8. The Bertz CT molecular complexity index is 715. The SMILES string of the molecule is CNCc1ccc(F)c(S(=O)(=O)Nc2nnc(C)s2)c1. The summed E-state index contributed by atoms with van der Waals surface area (Å²) in [4.78, 5) is -0.405. The molecule has 0 amide bonds. The molecule has 2 aromatic rings. The second-order valence-electron chi connectivity index (χ2n) is 4.03. The van der Waals surface area contributed by atoms with Gasteiger partial charge in [-0.15, -0.1) is 10.2 Å². The van der Waals surface area contributed by atoms with E-state index in [4.69, 9.17) is 0 Å². The summed E-state index contributed by atoms with van der Waals surface area (Å²) < 4.78 is 40.3. The van der Waals surface area contributed by atoms with Crippen molar-refractivity contribution in [3.05, 3.63) is 34.6 Å². The van der Waals surface area contributed by atoms with Crippen LogP contribution in [0.1, 0.15) is 10.6 Å². The van der Waals surface area contributed by atoms with Gasteiger partial charge < -0.3 is 5.32 Å². The van der Waals surface area contributed by atoms with E-state index in [9.17, 15) is 12.8 Å². The van der Waals surface area contributed by atoms with Crippen LogP contribution in [0.4, 0.5) is 9.52 Å². The van der Waals surface area contributed by atoms with Crippen molar-refractivity contribution in [3.63, 3.8) is 0 Å². The quantitative estimate of drug-likeness (QED) is 0.873. The summed E-state index contributed by atoms with van der Waals surface area (Å²) in [5.74, 6) is -0.807. The van der Waals surface area contributed by atoms with E-state index in [1.165, 1.54) is 12.1 Å². The second kappa shape index (κ2) is 5.81. The van der Waals surface area contributed by atoms with Gasteiger partial charge in [-0.1, -0.05) is 17.4 Å². The van der Waals surface area contributed by atoms with Crippen LogP contribution in [0.25, 0.3) is 0 Å². The molecule has 6 nitrogen and oxygen atoms in total.